The summed E-state index contributed by atoms with van der Waals surface area (Å²) in [4.78, 5) is 43.3. The van der Waals surface area contributed by atoms with E-state index in [0.717, 1.165) is 44.9 Å². The van der Waals surface area contributed by atoms with E-state index in [-0.39, 0.29) is 43.6 Å². The molecule has 2 fully saturated rings. The Kier molecular flexibility index (Phi) is 6.16. The normalized spacial score (nSPS) is 18.7. The van der Waals surface area contributed by atoms with Gasteiger partial charge in [-0.2, -0.15) is 13.2 Å². The Morgan fingerprint density at radius 3 is 2.42 bits per heavy atom. The van der Waals surface area contributed by atoms with Crippen LogP contribution in [0.25, 0.3) is 5.69 Å². The lowest BCUT2D eigenvalue weighted by atomic mass is 10.2. The Morgan fingerprint density at radius 2 is 1.79 bits per heavy atom. The Balaban J connectivity index is 1.84. The monoisotopic (exact) mass is 504 g/mol. The maximum Gasteiger partial charge on any atom is 0.431 e. The van der Waals surface area contributed by atoms with E-state index < -0.39 is 34.6 Å². The van der Waals surface area contributed by atoms with Crippen LogP contribution in [0.15, 0.2) is 32.8 Å². The average Bonchev–Trinajstić information content (AvgIpc) is 3.36. The molecule has 4 rings (SSSR count). The number of amides is 1. The summed E-state index contributed by atoms with van der Waals surface area (Å²) in [6.45, 7) is 0. The van der Waals surface area contributed by atoms with Gasteiger partial charge in [-0.25, -0.2) is 18.7 Å². The van der Waals surface area contributed by atoms with Crippen LogP contribution in [0.2, 0.25) is 5.02 Å². The van der Waals surface area contributed by atoms with Crippen molar-refractivity contribution >= 4 is 40.1 Å². The van der Waals surface area contributed by atoms with E-state index in [1.807, 2.05) is 0 Å². The fourth-order valence-electron chi connectivity index (χ4n) is 3.99. The number of thioether (sulfide) groups is 1. The first-order valence-electron chi connectivity index (χ1n) is 9.92. The lowest BCUT2D eigenvalue weighted by Gasteiger charge is -2.23. The first-order chi connectivity index (χ1) is 15.5. The first-order valence-corrected chi connectivity index (χ1v) is 11.3. The molecule has 1 aliphatic carbocycles. The molecule has 0 bridgehead atoms. The summed E-state index contributed by atoms with van der Waals surface area (Å²) in [5.41, 5.74) is -4.82. The van der Waals surface area contributed by atoms with Gasteiger partial charge in [0.25, 0.3) is 5.56 Å². The van der Waals surface area contributed by atoms with Crippen molar-refractivity contribution < 1.29 is 22.4 Å². The van der Waals surface area contributed by atoms with E-state index in [1.165, 1.54) is 11.8 Å². The topological polar surface area (TPSA) is 76.7 Å². The third-order valence-electron chi connectivity index (χ3n) is 5.57. The summed E-state index contributed by atoms with van der Waals surface area (Å²) in [7, 11) is 0.830. The van der Waals surface area contributed by atoms with Crippen molar-refractivity contribution in [2.45, 2.75) is 37.9 Å². The smallest absolute Gasteiger partial charge is 0.292 e. The third kappa shape index (κ3) is 4.33. The Labute approximate surface area is 193 Å². The molecule has 0 atom stereocenters. The number of hydrogen-bond acceptors (Lipinski definition) is 5. The molecule has 2 aromatic rings. The number of carbonyl (C=O) groups is 1. The number of halogens is 5. The molecule has 1 saturated carbocycles. The summed E-state index contributed by atoms with van der Waals surface area (Å²) in [6, 6.07) is 2.04. The van der Waals surface area contributed by atoms with Crippen LogP contribution in [0.3, 0.4) is 0 Å². The number of alkyl halides is 3. The second-order valence-corrected chi connectivity index (χ2v) is 9.03. The minimum Gasteiger partial charge on any atom is -0.292 e. The molecule has 13 heteroatoms. The van der Waals surface area contributed by atoms with Crippen LogP contribution in [-0.4, -0.2) is 36.9 Å². The van der Waals surface area contributed by atoms with Gasteiger partial charge in [0, 0.05) is 19.2 Å². The highest BCUT2D eigenvalue weighted by atomic mass is 35.5. The van der Waals surface area contributed by atoms with Gasteiger partial charge in [-0.3, -0.25) is 19.1 Å². The maximum atomic E-state index is 14.7. The summed E-state index contributed by atoms with van der Waals surface area (Å²) >= 11 is 7.31. The van der Waals surface area contributed by atoms with Gasteiger partial charge in [-0.1, -0.05) is 36.2 Å². The SMILES string of the molecule is Cn1c(C(F)(F)F)cc(=O)n(-c2cc(N=C3SCC(=O)N3C3CCCC3)c(Cl)cc2F)c1=O. The number of rotatable bonds is 3. The van der Waals surface area contributed by atoms with Crippen LogP contribution in [0.5, 0.6) is 0 Å². The number of hydrogen-bond donors (Lipinski definition) is 0. The quantitative estimate of drug-likeness (QED) is 0.595. The van der Waals surface area contributed by atoms with Gasteiger partial charge < -0.3 is 0 Å². The van der Waals surface area contributed by atoms with E-state index in [0.29, 0.717) is 5.17 Å². The second kappa shape index (κ2) is 8.64. The van der Waals surface area contributed by atoms with Gasteiger partial charge in [0.15, 0.2) is 5.17 Å². The van der Waals surface area contributed by atoms with E-state index in [4.69, 9.17) is 11.6 Å². The molecule has 1 aromatic heterocycles. The number of amidine groups is 1. The Bertz CT molecular complexity index is 1280. The summed E-state index contributed by atoms with van der Waals surface area (Å²) < 4.78 is 54.5. The molecule has 2 aliphatic rings. The van der Waals surface area contributed by atoms with Crippen molar-refractivity contribution in [3.8, 4) is 5.69 Å². The summed E-state index contributed by atoms with van der Waals surface area (Å²) in [5, 5.41) is 0.214. The zero-order valence-corrected chi connectivity index (χ0v) is 18.7. The number of aromatic nitrogens is 2. The lowest BCUT2D eigenvalue weighted by Crippen LogP contribution is -2.41. The number of benzene rings is 1. The Morgan fingerprint density at radius 1 is 1.12 bits per heavy atom. The highest BCUT2D eigenvalue weighted by Crippen LogP contribution is 2.35. The van der Waals surface area contributed by atoms with E-state index in [2.05, 4.69) is 4.99 Å². The van der Waals surface area contributed by atoms with Crippen LogP contribution in [0.1, 0.15) is 31.4 Å². The number of nitrogens with zero attached hydrogens (tertiary/aromatic N) is 4. The molecule has 0 spiro atoms. The van der Waals surface area contributed by atoms with Crippen molar-refractivity contribution in [3.63, 3.8) is 0 Å². The minimum atomic E-state index is -4.95. The minimum absolute atomic E-state index is 0.00484. The van der Waals surface area contributed by atoms with Gasteiger partial charge in [0.05, 0.1) is 22.2 Å². The number of carbonyl (C=O) groups excluding carboxylic acids is 1. The third-order valence-corrected chi connectivity index (χ3v) is 6.81. The summed E-state index contributed by atoms with van der Waals surface area (Å²) in [5.74, 6) is -1.03. The standard InChI is InChI=1S/C20H17ClF4N4O3S/c1-27-15(20(23,24)25)8-16(30)29(19(27)32)14-7-13(11(21)6-12(14)22)26-18-28(17(31)9-33-18)10-4-2-3-5-10/h6-8,10H,2-5,9H2,1H3. The van der Waals surface area contributed by atoms with Gasteiger partial charge in [0.1, 0.15) is 11.5 Å². The largest absolute Gasteiger partial charge is 0.431 e. The summed E-state index contributed by atoms with van der Waals surface area (Å²) in [6.07, 6.45) is -1.34. The molecular weight excluding hydrogens is 488 g/mol. The highest BCUT2D eigenvalue weighted by molar-refractivity contribution is 8.15. The zero-order chi connectivity index (χ0) is 24.1. The molecule has 2 heterocycles. The first kappa shape index (κ1) is 23.6. The predicted molar refractivity (Wildman–Crippen MR) is 116 cm³/mol. The van der Waals surface area contributed by atoms with Crippen molar-refractivity contribution in [3.05, 3.63) is 55.6 Å². The fraction of sp³-hybridized carbons (Fsp3) is 0.400. The van der Waals surface area contributed by atoms with E-state index in [1.54, 1.807) is 4.90 Å². The second-order valence-electron chi connectivity index (χ2n) is 7.68. The van der Waals surface area contributed by atoms with Crippen molar-refractivity contribution in [2.75, 3.05) is 5.75 Å². The Hall–Kier alpha value is -2.60. The zero-order valence-electron chi connectivity index (χ0n) is 17.2. The molecule has 1 saturated heterocycles. The van der Waals surface area contributed by atoms with Crippen LogP contribution >= 0.6 is 23.4 Å². The number of aliphatic imine (C=N–C) groups is 1. The molecule has 1 amide bonds. The van der Waals surface area contributed by atoms with Crippen LogP contribution in [-0.2, 0) is 18.0 Å². The molecule has 33 heavy (non-hydrogen) atoms. The highest BCUT2D eigenvalue weighted by Gasteiger charge is 2.37. The lowest BCUT2D eigenvalue weighted by molar-refractivity contribution is -0.144. The fourth-order valence-corrected chi connectivity index (χ4v) is 5.12. The molecule has 0 unspecified atom stereocenters. The van der Waals surface area contributed by atoms with E-state index >= 15 is 0 Å². The van der Waals surface area contributed by atoms with Crippen LogP contribution < -0.4 is 11.2 Å². The van der Waals surface area contributed by atoms with Crippen molar-refractivity contribution in [1.29, 1.82) is 0 Å². The molecular formula is C20H17ClF4N4O3S. The van der Waals surface area contributed by atoms with Gasteiger partial charge in [0.2, 0.25) is 5.91 Å². The molecule has 1 aromatic carbocycles. The molecule has 1 aliphatic heterocycles. The predicted octanol–water partition coefficient (Wildman–Crippen LogP) is 3.85. The molecule has 7 nitrogen and oxygen atoms in total. The molecule has 176 valence electrons. The van der Waals surface area contributed by atoms with Crippen LogP contribution in [0.4, 0.5) is 23.2 Å². The van der Waals surface area contributed by atoms with Crippen LogP contribution in [0, 0.1) is 5.82 Å². The van der Waals surface area contributed by atoms with Gasteiger partial charge in [-0.15, -0.1) is 0 Å². The average molecular weight is 505 g/mol. The molecule has 0 N–H and O–H groups in total. The van der Waals surface area contributed by atoms with Gasteiger partial charge in [-0.05, 0) is 25.0 Å². The maximum absolute atomic E-state index is 14.7. The van der Waals surface area contributed by atoms with E-state index in [9.17, 15) is 31.9 Å². The molecule has 0 radical (unpaired) electrons. The van der Waals surface area contributed by atoms with Crippen molar-refractivity contribution in [1.82, 2.24) is 14.0 Å². The van der Waals surface area contributed by atoms with Crippen molar-refractivity contribution in [2.24, 2.45) is 12.0 Å². The van der Waals surface area contributed by atoms with Gasteiger partial charge >= 0.3 is 11.9 Å².